The quantitative estimate of drug-likeness (QED) is 0.778. The van der Waals surface area contributed by atoms with E-state index in [-0.39, 0.29) is 18.4 Å². The first kappa shape index (κ1) is 20.1. The average Bonchev–Trinajstić information content (AvgIpc) is 2.62. The number of anilines is 1. The van der Waals surface area contributed by atoms with Crippen molar-refractivity contribution < 1.29 is 14.3 Å². The van der Waals surface area contributed by atoms with E-state index >= 15 is 0 Å². The van der Waals surface area contributed by atoms with Gasteiger partial charge in [0.15, 0.2) is 0 Å². The van der Waals surface area contributed by atoms with Crippen LogP contribution in [-0.4, -0.2) is 32.0 Å². The van der Waals surface area contributed by atoms with Gasteiger partial charge in [0, 0.05) is 18.5 Å². The van der Waals surface area contributed by atoms with Gasteiger partial charge >= 0.3 is 0 Å². The van der Waals surface area contributed by atoms with Crippen LogP contribution in [-0.2, 0) is 16.0 Å². The van der Waals surface area contributed by atoms with Gasteiger partial charge in [0.1, 0.15) is 12.3 Å². The van der Waals surface area contributed by atoms with Crippen molar-refractivity contribution in [3.63, 3.8) is 0 Å². The largest absolute Gasteiger partial charge is 0.496 e. The summed E-state index contributed by atoms with van der Waals surface area (Å²) in [5.41, 5.74) is 1.41. The summed E-state index contributed by atoms with van der Waals surface area (Å²) in [6, 6.07) is 12.4. The van der Waals surface area contributed by atoms with Crippen molar-refractivity contribution >= 4 is 40.7 Å². The van der Waals surface area contributed by atoms with Crippen molar-refractivity contribution in [2.24, 2.45) is 0 Å². The molecule has 138 valence electrons. The Hall–Kier alpha value is -2.24. The van der Waals surface area contributed by atoms with Gasteiger partial charge in [-0.05, 0) is 36.2 Å². The van der Waals surface area contributed by atoms with Crippen molar-refractivity contribution in [2.45, 2.75) is 13.3 Å². The number of carbonyl (C=O) groups is 2. The number of benzene rings is 2. The van der Waals surface area contributed by atoms with Crippen molar-refractivity contribution in [3.8, 4) is 5.75 Å². The number of para-hydroxylation sites is 1. The summed E-state index contributed by atoms with van der Waals surface area (Å²) in [5.74, 6) is 0.193. The maximum absolute atomic E-state index is 12.3. The number of amides is 2. The molecule has 2 aromatic rings. The Morgan fingerprint density at radius 2 is 1.88 bits per heavy atom. The molecule has 0 aliphatic carbocycles. The van der Waals surface area contributed by atoms with E-state index in [2.05, 4.69) is 5.32 Å². The number of hydrogen-bond acceptors (Lipinski definition) is 3. The summed E-state index contributed by atoms with van der Waals surface area (Å²) in [5, 5.41) is 3.60. The van der Waals surface area contributed by atoms with Gasteiger partial charge in [-0.15, -0.1) is 0 Å². The Labute approximate surface area is 162 Å². The third-order valence-electron chi connectivity index (χ3n) is 3.79. The van der Waals surface area contributed by atoms with Gasteiger partial charge in [-0.1, -0.05) is 41.4 Å². The fraction of sp³-hybridized carbons (Fsp3) is 0.263. The lowest BCUT2D eigenvalue weighted by Gasteiger charge is -2.22. The Balaban J connectivity index is 1.98. The lowest BCUT2D eigenvalue weighted by Crippen LogP contribution is -2.40. The lowest BCUT2D eigenvalue weighted by molar-refractivity contribution is -0.123. The fourth-order valence-electron chi connectivity index (χ4n) is 2.50. The van der Waals surface area contributed by atoms with E-state index in [1.165, 1.54) is 11.8 Å². The van der Waals surface area contributed by atoms with Gasteiger partial charge in [-0.3, -0.25) is 9.59 Å². The predicted molar refractivity (Wildman–Crippen MR) is 104 cm³/mol. The topological polar surface area (TPSA) is 58.6 Å². The van der Waals surface area contributed by atoms with Crippen LogP contribution in [0.1, 0.15) is 12.5 Å². The number of carbonyl (C=O) groups excluding carboxylic acids is 2. The second-order valence-corrected chi connectivity index (χ2v) is 6.46. The summed E-state index contributed by atoms with van der Waals surface area (Å²) in [7, 11) is 1.61. The highest BCUT2D eigenvalue weighted by Gasteiger charge is 2.18. The van der Waals surface area contributed by atoms with E-state index < -0.39 is 0 Å². The molecular weight excluding hydrogens is 375 g/mol. The molecule has 0 radical (unpaired) electrons. The van der Waals surface area contributed by atoms with E-state index in [1.807, 2.05) is 24.3 Å². The zero-order valence-electron chi connectivity index (χ0n) is 14.6. The average molecular weight is 395 g/mol. The first-order valence-electron chi connectivity index (χ1n) is 8.04. The second-order valence-electron chi connectivity index (χ2n) is 5.61. The highest BCUT2D eigenvalue weighted by molar-refractivity contribution is 6.35. The number of ether oxygens (including phenoxy) is 1. The van der Waals surface area contributed by atoms with Crippen LogP contribution in [0.15, 0.2) is 42.5 Å². The molecule has 0 fully saturated rings. The summed E-state index contributed by atoms with van der Waals surface area (Å²) < 4.78 is 5.29. The van der Waals surface area contributed by atoms with Crippen LogP contribution in [0.2, 0.25) is 10.0 Å². The van der Waals surface area contributed by atoms with E-state index in [9.17, 15) is 9.59 Å². The molecule has 0 aromatic heterocycles. The van der Waals surface area contributed by atoms with Gasteiger partial charge < -0.3 is 15.0 Å². The van der Waals surface area contributed by atoms with E-state index in [0.29, 0.717) is 28.7 Å². The standard InChI is InChI=1S/C19H20Cl2N2O3/c1-13(24)23(17-11-15(20)7-8-16(17)21)12-19(25)22-10-9-14-5-3-4-6-18(14)26-2/h3-8,11H,9-10,12H2,1-2H3,(H,22,25). The minimum atomic E-state index is -0.297. The number of rotatable bonds is 7. The SMILES string of the molecule is COc1ccccc1CCNC(=O)CN(C(C)=O)c1cc(Cl)ccc1Cl. The molecule has 0 spiro atoms. The van der Waals surface area contributed by atoms with Crippen LogP contribution in [0.3, 0.4) is 0 Å². The van der Waals surface area contributed by atoms with Crippen LogP contribution in [0.25, 0.3) is 0 Å². The highest BCUT2D eigenvalue weighted by atomic mass is 35.5. The van der Waals surface area contributed by atoms with Crippen molar-refractivity contribution in [2.75, 3.05) is 25.1 Å². The van der Waals surface area contributed by atoms with Crippen molar-refractivity contribution in [1.82, 2.24) is 5.32 Å². The third-order valence-corrected chi connectivity index (χ3v) is 4.34. The molecule has 2 aromatic carbocycles. The zero-order valence-corrected chi connectivity index (χ0v) is 16.1. The highest BCUT2D eigenvalue weighted by Crippen LogP contribution is 2.29. The molecule has 0 atom stereocenters. The molecule has 0 unspecified atom stereocenters. The first-order chi connectivity index (χ1) is 12.4. The Kier molecular flexibility index (Phi) is 7.30. The number of halogens is 2. The summed E-state index contributed by atoms with van der Waals surface area (Å²) in [6.45, 7) is 1.66. The minimum absolute atomic E-state index is 0.138. The van der Waals surface area contributed by atoms with E-state index in [0.717, 1.165) is 11.3 Å². The molecule has 0 aliphatic heterocycles. The van der Waals surface area contributed by atoms with Gasteiger partial charge in [-0.2, -0.15) is 0 Å². The van der Waals surface area contributed by atoms with E-state index in [1.54, 1.807) is 25.3 Å². The maximum atomic E-state index is 12.3. The molecule has 0 saturated carbocycles. The molecule has 26 heavy (non-hydrogen) atoms. The smallest absolute Gasteiger partial charge is 0.240 e. The van der Waals surface area contributed by atoms with Crippen LogP contribution in [0, 0.1) is 0 Å². The van der Waals surface area contributed by atoms with Crippen LogP contribution in [0.4, 0.5) is 5.69 Å². The molecule has 0 aliphatic rings. The minimum Gasteiger partial charge on any atom is -0.496 e. The first-order valence-corrected chi connectivity index (χ1v) is 8.79. The van der Waals surface area contributed by atoms with E-state index in [4.69, 9.17) is 27.9 Å². The molecule has 5 nitrogen and oxygen atoms in total. The molecule has 1 N–H and O–H groups in total. The molecule has 2 amide bonds. The number of hydrogen-bond donors (Lipinski definition) is 1. The maximum Gasteiger partial charge on any atom is 0.240 e. The summed E-state index contributed by atoms with van der Waals surface area (Å²) in [4.78, 5) is 25.5. The Bertz CT molecular complexity index is 796. The number of nitrogens with one attached hydrogen (secondary N) is 1. The van der Waals surface area contributed by atoms with Gasteiger partial charge in [0.25, 0.3) is 0 Å². The van der Waals surface area contributed by atoms with Gasteiger partial charge in [0.05, 0.1) is 17.8 Å². The predicted octanol–water partition coefficient (Wildman–Crippen LogP) is 3.71. The third kappa shape index (κ3) is 5.38. The van der Waals surface area contributed by atoms with Crippen molar-refractivity contribution in [1.29, 1.82) is 0 Å². The van der Waals surface area contributed by atoms with Crippen LogP contribution in [0.5, 0.6) is 5.75 Å². The van der Waals surface area contributed by atoms with Crippen molar-refractivity contribution in [3.05, 3.63) is 58.1 Å². The Morgan fingerprint density at radius 1 is 1.15 bits per heavy atom. The molecule has 0 heterocycles. The summed E-state index contributed by atoms with van der Waals surface area (Å²) in [6.07, 6.45) is 0.619. The molecule has 0 saturated heterocycles. The molecule has 0 bridgehead atoms. The normalized spacial score (nSPS) is 10.3. The zero-order chi connectivity index (χ0) is 19.1. The van der Waals surface area contributed by atoms with Gasteiger partial charge in [0.2, 0.25) is 11.8 Å². The summed E-state index contributed by atoms with van der Waals surface area (Å²) >= 11 is 12.1. The lowest BCUT2D eigenvalue weighted by atomic mass is 10.1. The monoisotopic (exact) mass is 394 g/mol. The fourth-order valence-corrected chi connectivity index (χ4v) is 2.89. The van der Waals surface area contributed by atoms with Crippen LogP contribution < -0.4 is 15.0 Å². The second kappa shape index (κ2) is 9.46. The Morgan fingerprint density at radius 3 is 2.58 bits per heavy atom. The number of nitrogens with zero attached hydrogens (tertiary/aromatic N) is 1. The molecular formula is C19H20Cl2N2O3. The molecule has 2 rings (SSSR count). The van der Waals surface area contributed by atoms with Crippen LogP contribution >= 0.6 is 23.2 Å². The number of methoxy groups -OCH3 is 1. The molecule has 7 heteroatoms. The van der Waals surface area contributed by atoms with Gasteiger partial charge in [-0.25, -0.2) is 0 Å².